The summed E-state index contributed by atoms with van der Waals surface area (Å²) < 4.78 is 13.8. The molecule has 0 saturated heterocycles. The Balaban J connectivity index is -0.000000177. The molecule has 0 aromatic carbocycles. The van der Waals surface area contributed by atoms with Crippen LogP contribution in [0.1, 0.15) is 13.3 Å². The molecule has 0 rings (SSSR count). The molecule has 0 aromatic rings. The number of phosphoric acid groups is 1. The van der Waals surface area contributed by atoms with Gasteiger partial charge in [0.1, 0.15) is 0 Å². The Kier molecular flexibility index (Phi) is 18.9. The minimum Gasteiger partial charge on any atom is -0.412 e. The molecule has 0 fully saturated rings. The summed E-state index contributed by atoms with van der Waals surface area (Å²) in [6, 6.07) is 0. The molecule has 0 saturated carbocycles. The highest BCUT2D eigenvalue weighted by atomic mass is 32.2. The Morgan fingerprint density at radius 3 is 1.86 bits per heavy atom. The molecule has 0 spiro atoms. The zero-order valence-corrected chi connectivity index (χ0v) is 9.76. The van der Waals surface area contributed by atoms with Crippen LogP contribution < -0.4 is 11.5 Å². The summed E-state index contributed by atoms with van der Waals surface area (Å²) >= 11 is 0.752. The quantitative estimate of drug-likeness (QED) is 0.369. The average molecular weight is 250 g/mol. The zero-order valence-electron chi connectivity index (χ0n) is 8.05. The van der Waals surface area contributed by atoms with Gasteiger partial charge in [-0.25, -0.2) is 8.54 Å². The second kappa shape index (κ2) is 13.3. The van der Waals surface area contributed by atoms with E-state index in [2.05, 4.69) is 3.97 Å². The summed E-state index contributed by atoms with van der Waals surface area (Å²) in [4.78, 5) is 16.0. The first-order valence-electron chi connectivity index (χ1n) is 3.74. The van der Waals surface area contributed by atoms with Crippen molar-refractivity contribution in [1.29, 1.82) is 0 Å². The maximum Gasteiger partial charge on any atom is 0.480 e. The number of rotatable bonds is 5. The van der Waals surface area contributed by atoms with Gasteiger partial charge in [-0.1, -0.05) is 6.92 Å². The Bertz CT molecular complexity index is 142. The second-order valence-electron chi connectivity index (χ2n) is 1.90. The van der Waals surface area contributed by atoms with Crippen LogP contribution in [0, 0.1) is 0 Å². The van der Waals surface area contributed by atoms with Crippen molar-refractivity contribution in [2.24, 2.45) is 11.5 Å². The fraction of sp³-hybridized carbons (Fsp3) is 1.00. The third-order valence-electron chi connectivity index (χ3n) is 0.676. The number of nitrogens with two attached hydrogens (primary N) is 2. The molecular formula is C5H19N2O5PS. The van der Waals surface area contributed by atoms with E-state index in [4.69, 9.17) is 21.3 Å². The maximum atomic E-state index is 9.84. The molecule has 14 heavy (non-hydrogen) atoms. The predicted molar refractivity (Wildman–Crippen MR) is 57.6 cm³/mol. The lowest BCUT2D eigenvalue weighted by Crippen LogP contribution is -2.06. The van der Waals surface area contributed by atoms with E-state index in [1.165, 1.54) is 0 Å². The molecule has 0 aliphatic heterocycles. The van der Waals surface area contributed by atoms with Crippen molar-refractivity contribution in [2.45, 2.75) is 13.3 Å². The highest BCUT2D eigenvalue weighted by Crippen LogP contribution is 2.40. The fourth-order valence-electron chi connectivity index (χ4n) is 0.239. The Morgan fingerprint density at radius 2 is 1.79 bits per heavy atom. The molecule has 8 N–H and O–H groups in total. The van der Waals surface area contributed by atoms with Gasteiger partial charge in [0, 0.05) is 17.8 Å². The SMILES string of the molecule is CCSOP(=O)(O)O.NCCCN.O. The predicted octanol–water partition coefficient (Wildman–Crippen LogP) is -0.767. The number of hydrogen-bond acceptors (Lipinski definition) is 5. The van der Waals surface area contributed by atoms with E-state index in [1.54, 1.807) is 6.92 Å². The molecule has 0 heterocycles. The van der Waals surface area contributed by atoms with Gasteiger partial charge in [0.15, 0.2) is 0 Å². The van der Waals surface area contributed by atoms with Crippen molar-refractivity contribution in [2.75, 3.05) is 18.8 Å². The first-order valence-corrected chi connectivity index (χ1v) is 6.19. The molecule has 0 aliphatic rings. The molecule has 0 unspecified atom stereocenters. The van der Waals surface area contributed by atoms with E-state index in [0.717, 1.165) is 31.6 Å². The van der Waals surface area contributed by atoms with E-state index in [0.29, 0.717) is 5.75 Å². The molecule has 0 aromatic heterocycles. The van der Waals surface area contributed by atoms with Crippen LogP contribution in [0.4, 0.5) is 0 Å². The van der Waals surface area contributed by atoms with Gasteiger partial charge in [-0.2, -0.15) is 0 Å². The van der Waals surface area contributed by atoms with Gasteiger partial charge in [0.25, 0.3) is 0 Å². The summed E-state index contributed by atoms with van der Waals surface area (Å²) in [5.74, 6) is 0.533. The van der Waals surface area contributed by atoms with Gasteiger partial charge >= 0.3 is 7.82 Å². The van der Waals surface area contributed by atoms with Crippen LogP contribution >= 0.6 is 19.9 Å². The Labute approximate surface area is 87.9 Å². The summed E-state index contributed by atoms with van der Waals surface area (Å²) in [6.45, 7) is 3.17. The van der Waals surface area contributed by atoms with Crippen LogP contribution in [0.5, 0.6) is 0 Å². The molecule has 0 bridgehead atoms. The van der Waals surface area contributed by atoms with Crippen molar-refractivity contribution in [3.05, 3.63) is 0 Å². The highest BCUT2D eigenvalue weighted by molar-refractivity contribution is 7.97. The minimum atomic E-state index is -4.22. The van der Waals surface area contributed by atoms with Crippen molar-refractivity contribution < 1.29 is 23.8 Å². The van der Waals surface area contributed by atoms with Crippen LogP contribution in [-0.4, -0.2) is 34.1 Å². The molecular weight excluding hydrogens is 231 g/mol. The normalized spacial score (nSPS) is 9.79. The van der Waals surface area contributed by atoms with Gasteiger partial charge in [-0.05, 0) is 19.5 Å². The fourth-order valence-corrected chi connectivity index (χ4v) is 1.21. The standard InChI is InChI=1S/C3H10N2.C2H7O4PS.H2O/c4-2-1-3-5;1-2-8-6-7(3,4)5;/h1-5H2;2H2,1H3,(H2,3,4,5);1H2. The van der Waals surface area contributed by atoms with E-state index in [9.17, 15) is 4.57 Å². The van der Waals surface area contributed by atoms with E-state index in [-0.39, 0.29) is 5.48 Å². The maximum absolute atomic E-state index is 9.84. The van der Waals surface area contributed by atoms with Crippen LogP contribution in [-0.2, 0) is 8.54 Å². The van der Waals surface area contributed by atoms with Gasteiger partial charge in [-0.3, -0.25) is 0 Å². The Hall–Kier alpha value is 0.340. The first-order chi connectivity index (χ1) is 5.97. The van der Waals surface area contributed by atoms with Crippen LogP contribution in [0.25, 0.3) is 0 Å². The minimum absolute atomic E-state index is 0. The molecule has 90 valence electrons. The highest BCUT2D eigenvalue weighted by Gasteiger charge is 2.12. The van der Waals surface area contributed by atoms with Gasteiger partial charge in [0.2, 0.25) is 0 Å². The molecule has 7 nitrogen and oxygen atoms in total. The smallest absolute Gasteiger partial charge is 0.412 e. The number of hydrogen-bond donors (Lipinski definition) is 4. The van der Waals surface area contributed by atoms with Crippen LogP contribution in [0.3, 0.4) is 0 Å². The van der Waals surface area contributed by atoms with E-state index < -0.39 is 7.82 Å². The molecule has 0 amide bonds. The third-order valence-corrected chi connectivity index (χ3v) is 2.11. The van der Waals surface area contributed by atoms with Crippen molar-refractivity contribution in [3.8, 4) is 0 Å². The summed E-state index contributed by atoms with van der Waals surface area (Å²) in [6.07, 6.45) is 0.944. The Morgan fingerprint density at radius 1 is 1.36 bits per heavy atom. The second-order valence-corrected chi connectivity index (χ2v) is 4.29. The largest absolute Gasteiger partial charge is 0.480 e. The monoisotopic (exact) mass is 250 g/mol. The summed E-state index contributed by atoms with van der Waals surface area (Å²) in [7, 11) is -4.22. The van der Waals surface area contributed by atoms with E-state index in [1.807, 2.05) is 0 Å². The molecule has 0 radical (unpaired) electrons. The first kappa shape index (κ1) is 19.8. The van der Waals surface area contributed by atoms with Crippen LogP contribution in [0.2, 0.25) is 0 Å². The van der Waals surface area contributed by atoms with Crippen molar-refractivity contribution in [3.63, 3.8) is 0 Å². The van der Waals surface area contributed by atoms with Gasteiger partial charge in [0.05, 0.1) is 0 Å². The average Bonchev–Trinajstić information content (AvgIpc) is 2.02. The third kappa shape index (κ3) is 29.5. The zero-order chi connectivity index (χ0) is 10.7. The van der Waals surface area contributed by atoms with Gasteiger partial charge < -0.3 is 26.7 Å². The van der Waals surface area contributed by atoms with Crippen molar-refractivity contribution >= 4 is 19.9 Å². The topological polar surface area (TPSA) is 150 Å². The summed E-state index contributed by atoms with van der Waals surface area (Å²) in [5.41, 5.74) is 10.1. The van der Waals surface area contributed by atoms with Crippen LogP contribution in [0.15, 0.2) is 0 Å². The molecule has 0 atom stereocenters. The molecule has 9 heteroatoms. The lowest BCUT2D eigenvalue weighted by Gasteiger charge is -1.98. The van der Waals surface area contributed by atoms with E-state index >= 15 is 0 Å². The van der Waals surface area contributed by atoms with Crippen molar-refractivity contribution in [1.82, 2.24) is 0 Å². The lowest BCUT2D eigenvalue weighted by molar-refractivity contribution is 0.298. The lowest BCUT2D eigenvalue weighted by atomic mass is 10.4. The summed E-state index contributed by atoms with van der Waals surface area (Å²) in [5, 5.41) is 0. The molecule has 0 aliphatic carbocycles. The van der Waals surface area contributed by atoms with Gasteiger partial charge in [-0.15, -0.1) is 0 Å².